The lowest BCUT2D eigenvalue weighted by molar-refractivity contribution is -0.142. The zero-order chi connectivity index (χ0) is 27.6. The molecule has 0 radical (unpaired) electrons. The van der Waals surface area contributed by atoms with Crippen LogP contribution in [0.5, 0.6) is 0 Å². The molecular formula is C25H34N4O8. The number of nitrogens with zero attached hydrogens (tertiary/aromatic N) is 1. The van der Waals surface area contributed by atoms with E-state index in [-0.39, 0.29) is 26.1 Å². The summed E-state index contributed by atoms with van der Waals surface area (Å²) < 4.78 is 4.88. The topological polar surface area (TPSA) is 171 Å². The molecule has 1 aromatic rings. The molecule has 0 aliphatic heterocycles. The highest BCUT2D eigenvalue weighted by atomic mass is 16.5. The summed E-state index contributed by atoms with van der Waals surface area (Å²) in [7, 11) is 0. The molecule has 12 heteroatoms. The summed E-state index contributed by atoms with van der Waals surface area (Å²) in [5.74, 6) is -2.49. The van der Waals surface area contributed by atoms with Gasteiger partial charge in [0, 0.05) is 25.6 Å². The Morgan fingerprint density at radius 1 is 1.05 bits per heavy atom. The number of nitrogens with one attached hydrogen (secondary N) is 3. The van der Waals surface area contributed by atoms with Crippen molar-refractivity contribution in [3.8, 4) is 0 Å². The van der Waals surface area contributed by atoms with Crippen LogP contribution in [0.25, 0.3) is 0 Å². The Morgan fingerprint density at radius 2 is 1.76 bits per heavy atom. The van der Waals surface area contributed by atoms with Crippen molar-refractivity contribution in [2.45, 2.75) is 52.2 Å². The van der Waals surface area contributed by atoms with Crippen LogP contribution in [-0.2, 0) is 40.1 Å². The average molecular weight is 519 g/mol. The number of ether oxygens (including phenoxy) is 1. The van der Waals surface area contributed by atoms with E-state index < -0.39 is 42.2 Å². The predicted octanol–water partition coefficient (Wildman–Crippen LogP) is 0.403. The Labute approximate surface area is 215 Å². The maximum Gasteiger partial charge on any atom is 0.302 e. The number of carbonyl (C=O) groups excluding carboxylic acids is 6. The van der Waals surface area contributed by atoms with Crippen LogP contribution in [0.15, 0.2) is 36.4 Å². The van der Waals surface area contributed by atoms with Crippen molar-refractivity contribution in [3.05, 3.63) is 42.0 Å². The largest absolute Gasteiger partial charge is 0.461 e. The van der Waals surface area contributed by atoms with Crippen molar-refractivity contribution in [2.24, 2.45) is 0 Å². The number of hydrogen-bond acceptors (Lipinski definition) is 8. The number of hydrogen-bond donors (Lipinski definition) is 4. The SMILES string of the molecule is C/C=C\C(=O)N(C=O)CCCCCC(=O)NC(CO)C(=O)NCC(=O)Nc1ccc(COC(C)=O)cc1. The molecule has 0 saturated heterocycles. The fraction of sp³-hybridized carbons (Fsp3) is 0.440. The van der Waals surface area contributed by atoms with E-state index >= 15 is 0 Å². The first kappa shape index (κ1) is 31.0. The summed E-state index contributed by atoms with van der Waals surface area (Å²) in [6, 6.07) is 5.37. The molecule has 0 spiro atoms. The molecule has 0 bridgehead atoms. The molecule has 202 valence electrons. The molecule has 1 rings (SSSR count). The molecule has 1 atom stereocenters. The second-order valence-electron chi connectivity index (χ2n) is 7.99. The van der Waals surface area contributed by atoms with Gasteiger partial charge in [-0.3, -0.25) is 33.7 Å². The van der Waals surface area contributed by atoms with E-state index in [9.17, 15) is 33.9 Å². The molecule has 1 aromatic carbocycles. The third-order valence-electron chi connectivity index (χ3n) is 4.96. The molecule has 5 amide bonds. The van der Waals surface area contributed by atoms with Crippen LogP contribution < -0.4 is 16.0 Å². The number of unbranched alkanes of at least 4 members (excludes halogenated alkanes) is 2. The monoisotopic (exact) mass is 518 g/mol. The van der Waals surface area contributed by atoms with Gasteiger partial charge >= 0.3 is 5.97 Å². The number of carbonyl (C=O) groups is 6. The van der Waals surface area contributed by atoms with Crippen molar-refractivity contribution in [1.82, 2.24) is 15.5 Å². The Morgan fingerprint density at radius 3 is 2.35 bits per heavy atom. The molecule has 12 nitrogen and oxygen atoms in total. The van der Waals surface area contributed by atoms with Gasteiger partial charge in [-0.05, 0) is 43.5 Å². The zero-order valence-corrected chi connectivity index (χ0v) is 21.0. The van der Waals surface area contributed by atoms with Crippen molar-refractivity contribution in [2.75, 3.05) is 25.0 Å². The van der Waals surface area contributed by atoms with E-state index in [1.54, 1.807) is 31.2 Å². The highest BCUT2D eigenvalue weighted by Crippen LogP contribution is 2.10. The van der Waals surface area contributed by atoms with E-state index in [4.69, 9.17) is 4.74 Å². The Balaban J connectivity index is 2.34. The number of rotatable bonds is 16. The Hall–Kier alpha value is -4.06. The summed E-state index contributed by atoms with van der Waals surface area (Å²) >= 11 is 0. The smallest absolute Gasteiger partial charge is 0.302 e. The lowest BCUT2D eigenvalue weighted by Gasteiger charge is -2.16. The second kappa shape index (κ2) is 17.4. The van der Waals surface area contributed by atoms with Crippen molar-refractivity contribution < 1.29 is 38.6 Å². The second-order valence-corrected chi connectivity index (χ2v) is 7.99. The first-order valence-corrected chi connectivity index (χ1v) is 11.8. The molecule has 1 unspecified atom stereocenters. The summed E-state index contributed by atoms with van der Waals surface area (Å²) in [4.78, 5) is 71.0. The van der Waals surface area contributed by atoms with Gasteiger partial charge < -0.3 is 25.8 Å². The third kappa shape index (κ3) is 13.0. The predicted molar refractivity (Wildman–Crippen MR) is 134 cm³/mol. The number of imide groups is 1. The van der Waals surface area contributed by atoms with Gasteiger partial charge in [0.05, 0.1) is 13.2 Å². The fourth-order valence-electron chi connectivity index (χ4n) is 3.02. The summed E-state index contributed by atoms with van der Waals surface area (Å²) in [5.41, 5.74) is 1.21. The Bertz CT molecular complexity index is 962. The number of benzene rings is 1. The molecular weight excluding hydrogens is 484 g/mol. The minimum Gasteiger partial charge on any atom is -0.461 e. The lowest BCUT2D eigenvalue weighted by Crippen LogP contribution is -2.50. The molecule has 37 heavy (non-hydrogen) atoms. The first-order chi connectivity index (χ1) is 17.7. The van der Waals surface area contributed by atoms with Gasteiger partial charge in [0.2, 0.25) is 24.1 Å². The van der Waals surface area contributed by atoms with Crippen LogP contribution in [0.2, 0.25) is 0 Å². The minimum absolute atomic E-state index is 0.0849. The van der Waals surface area contributed by atoms with Gasteiger partial charge in [-0.2, -0.15) is 0 Å². The molecule has 4 N–H and O–H groups in total. The maximum atomic E-state index is 12.3. The van der Waals surface area contributed by atoms with Crippen LogP contribution >= 0.6 is 0 Å². The van der Waals surface area contributed by atoms with Gasteiger partial charge in [0.15, 0.2) is 0 Å². The molecule has 0 aliphatic rings. The van der Waals surface area contributed by atoms with E-state index in [0.29, 0.717) is 31.4 Å². The van der Waals surface area contributed by atoms with Crippen LogP contribution in [0.4, 0.5) is 5.69 Å². The number of aliphatic hydroxyl groups is 1. The Kier molecular flexibility index (Phi) is 14.6. The van der Waals surface area contributed by atoms with Gasteiger partial charge in [-0.15, -0.1) is 0 Å². The normalized spacial score (nSPS) is 11.3. The van der Waals surface area contributed by atoms with Crippen LogP contribution in [0.3, 0.4) is 0 Å². The third-order valence-corrected chi connectivity index (χ3v) is 4.96. The van der Waals surface area contributed by atoms with E-state index in [2.05, 4.69) is 16.0 Å². The number of allylic oxidation sites excluding steroid dienone is 1. The first-order valence-electron chi connectivity index (χ1n) is 11.8. The average Bonchev–Trinajstić information content (AvgIpc) is 2.87. The van der Waals surface area contributed by atoms with Crippen LogP contribution in [-0.4, -0.2) is 71.8 Å². The molecule has 0 aromatic heterocycles. The summed E-state index contributed by atoms with van der Waals surface area (Å²) in [6.45, 7) is 2.30. The molecule has 0 fully saturated rings. The van der Waals surface area contributed by atoms with Crippen LogP contribution in [0.1, 0.15) is 45.1 Å². The van der Waals surface area contributed by atoms with Crippen molar-refractivity contribution >= 4 is 41.7 Å². The van der Waals surface area contributed by atoms with Crippen LogP contribution in [0, 0.1) is 0 Å². The zero-order valence-electron chi connectivity index (χ0n) is 21.0. The minimum atomic E-state index is -1.22. The number of anilines is 1. The lowest BCUT2D eigenvalue weighted by atomic mass is 10.1. The highest BCUT2D eigenvalue weighted by molar-refractivity contribution is 5.96. The van der Waals surface area contributed by atoms with E-state index in [1.165, 1.54) is 19.1 Å². The van der Waals surface area contributed by atoms with E-state index in [0.717, 1.165) is 10.5 Å². The van der Waals surface area contributed by atoms with Gasteiger partial charge in [0.1, 0.15) is 12.6 Å². The summed E-state index contributed by atoms with van der Waals surface area (Å²) in [6.07, 6.45) is 4.92. The van der Waals surface area contributed by atoms with Crippen molar-refractivity contribution in [3.63, 3.8) is 0 Å². The fourth-order valence-corrected chi connectivity index (χ4v) is 3.02. The number of amides is 5. The number of esters is 1. The van der Waals surface area contributed by atoms with E-state index in [1.807, 2.05) is 0 Å². The number of aliphatic hydroxyl groups excluding tert-OH is 1. The highest BCUT2D eigenvalue weighted by Gasteiger charge is 2.20. The quantitative estimate of drug-likeness (QED) is 0.105. The van der Waals surface area contributed by atoms with Crippen molar-refractivity contribution in [1.29, 1.82) is 0 Å². The van der Waals surface area contributed by atoms with Gasteiger partial charge in [-0.1, -0.05) is 24.6 Å². The molecule has 0 aliphatic carbocycles. The van der Waals surface area contributed by atoms with Gasteiger partial charge in [0.25, 0.3) is 5.91 Å². The van der Waals surface area contributed by atoms with Gasteiger partial charge in [-0.25, -0.2) is 0 Å². The maximum absolute atomic E-state index is 12.3. The molecule has 0 saturated carbocycles. The summed E-state index contributed by atoms with van der Waals surface area (Å²) in [5, 5.41) is 16.8. The molecule has 0 heterocycles. The standard InChI is InChI=1S/C25H34N4O8/c1-3-7-24(35)29(17-31)13-6-4-5-8-22(33)28-21(15-30)25(36)26-14-23(34)27-20-11-9-19(10-12-20)16-37-18(2)32/h3,7,9-12,17,21,30H,4-6,8,13-16H2,1-2H3,(H,26,36)(H,27,34)(H,28,33)/b7-3-.